The molecule has 0 aliphatic rings. The molecule has 1 N–H and O–H groups in total. The third kappa shape index (κ3) is 3.46. The summed E-state index contributed by atoms with van der Waals surface area (Å²) >= 11 is 1.55. The maximum absolute atomic E-state index is 12.2. The van der Waals surface area contributed by atoms with Gasteiger partial charge in [0.25, 0.3) is 11.7 Å². The molecule has 0 spiro atoms. The van der Waals surface area contributed by atoms with Crippen LogP contribution in [0.2, 0.25) is 0 Å². The van der Waals surface area contributed by atoms with Gasteiger partial charge in [-0.05, 0) is 55.6 Å². The number of anilines is 1. The van der Waals surface area contributed by atoms with E-state index in [4.69, 9.17) is 0 Å². The van der Waals surface area contributed by atoms with Gasteiger partial charge in [0, 0.05) is 21.5 Å². The fraction of sp³-hybridized carbons (Fsp3) is 0.111. The molecule has 0 saturated heterocycles. The molecular weight excluding hydrogens is 340 g/mol. The first-order chi connectivity index (χ1) is 12.0. The Kier molecular flexibility index (Phi) is 4.67. The smallest absolute Gasteiger partial charge is 0.319 e. The summed E-state index contributed by atoms with van der Waals surface area (Å²) in [7, 11) is 0. The minimum atomic E-state index is -0.746. The molecule has 25 heavy (non-hydrogen) atoms. The van der Waals surface area contributed by atoms with E-state index in [2.05, 4.69) is 15.0 Å². The normalized spacial score (nSPS) is 10.6. The number of carbonyl (C=O) groups excluding carboxylic acids is 2. The molecule has 1 aromatic heterocycles. The number of nitrogens with one attached hydrogen (secondary N) is 1. The first-order valence-electron chi connectivity index (χ1n) is 7.39. The maximum Gasteiger partial charge on any atom is 0.366 e. The number of thioether (sulfide) groups is 1. The van der Waals surface area contributed by atoms with E-state index in [1.165, 1.54) is 6.07 Å². The number of hydrogen-bond donors (Lipinski definition) is 1. The van der Waals surface area contributed by atoms with E-state index in [0.29, 0.717) is 27.7 Å². The Morgan fingerprint density at radius 2 is 1.80 bits per heavy atom. The molecule has 0 fully saturated rings. The maximum atomic E-state index is 12.2. The van der Waals surface area contributed by atoms with Crippen LogP contribution in [0.1, 0.15) is 16.1 Å². The molecule has 0 saturated carbocycles. The average Bonchev–Trinajstić information content (AvgIpc) is 2.64. The van der Waals surface area contributed by atoms with Gasteiger partial charge in [-0.1, -0.05) is 5.16 Å². The molecule has 3 aromatic rings. The number of nitrogens with zero attached hydrogens (tertiary/aromatic N) is 1. The number of aryl methyl sites for hydroxylation is 1. The van der Waals surface area contributed by atoms with E-state index in [-0.39, 0.29) is 0 Å². The topological polar surface area (TPSA) is 89.3 Å². The van der Waals surface area contributed by atoms with Crippen molar-refractivity contribution in [1.82, 2.24) is 5.16 Å². The summed E-state index contributed by atoms with van der Waals surface area (Å²) in [6, 6.07) is 11.5. The van der Waals surface area contributed by atoms with Crippen molar-refractivity contribution in [2.45, 2.75) is 11.8 Å². The lowest BCUT2D eigenvalue weighted by Crippen LogP contribution is -2.22. The number of amides is 1. The molecule has 0 unspecified atom stereocenters. The molecule has 1 amide bonds. The van der Waals surface area contributed by atoms with E-state index in [0.717, 1.165) is 4.90 Å². The lowest BCUT2D eigenvalue weighted by molar-refractivity contribution is -0.112. The third-order valence-electron chi connectivity index (χ3n) is 3.71. The Bertz CT molecular complexity index is 1030. The van der Waals surface area contributed by atoms with Crippen molar-refractivity contribution in [3.63, 3.8) is 0 Å². The summed E-state index contributed by atoms with van der Waals surface area (Å²) in [4.78, 5) is 37.1. The second-order valence-electron chi connectivity index (χ2n) is 5.33. The second-order valence-corrected chi connectivity index (χ2v) is 6.21. The van der Waals surface area contributed by atoms with Gasteiger partial charge < -0.3 is 9.84 Å². The monoisotopic (exact) mass is 354 g/mol. The number of carbonyl (C=O) groups is 2. The van der Waals surface area contributed by atoms with Gasteiger partial charge in [-0.25, -0.2) is 4.79 Å². The molecule has 1 heterocycles. The van der Waals surface area contributed by atoms with Crippen LogP contribution in [0.4, 0.5) is 5.69 Å². The molecule has 7 heteroatoms. The first-order valence-corrected chi connectivity index (χ1v) is 8.62. The van der Waals surface area contributed by atoms with Gasteiger partial charge in [0.2, 0.25) is 0 Å². The zero-order chi connectivity index (χ0) is 18.0. The summed E-state index contributed by atoms with van der Waals surface area (Å²) in [5.41, 5.74) is 0.685. The van der Waals surface area contributed by atoms with Crippen molar-refractivity contribution < 1.29 is 14.1 Å². The molecule has 126 valence electrons. The third-order valence-corrected chi connectivity index (χ3v) is 4.45. The van der Waals surface area contributed by atoms with Crippen molar-refractivity contribution in [3.05, 3.63) is 64.1 Å². The van der Waals surface area contributed by atoms with Gasteiger partial charge >= 0.3 is 5.63 Å². The SMILES string of the molecule is CSc1ccc(C(=O)C(=O)Nc2ccc3c(=O)onc(C)c3c2)cc1. The summed E-state index contributed by atoms with van der Waals surface area (Å²) in [5.74, 6) is -1.37. The lowest BCUT2D eigenvalue weighted by atomic mass is 10.1. The van der Waals surface area contributed by atoms with E-state index >= 15 is 0 Å². The van der Waals surface area contributed by atoms with Crippen LogP contribution in [0.3, 0.4) is 0 Å². The van der Waals surface area contributed by atoms with Crippen LogP contribution >= 0.6 is 11.8 Å². The van der Waals surface area contributed by atoms with Crippen LogP contribution < -0.4 is 10.9 Å². The fourth-order valence-corrected chi connectivity index (χ4v) is 2.78. The van der Waals surface area contributed by atoms with Gasteiger partial charge in [-0.3, -0.25) is 9.59 Å². The average molecular weight is 354 g/mol. The summed E-state index contributed by atoms with van der Waals surface area (Å²) in [5, 5.41) is 7.14. The standard InChI is InChI=1S/C18H14N2O4S/c1-10-15-9-12(5-8-14(15)18(23)24-20-10)19-17(22)16(21)11-3-6-13(25-2)7-4-11/h3-9H,1-2H3,(H,19,22). The number of hydrogen-bond acceptors (Lipinski definition) is 6. The number of benzene rings is 2. The minimum absolute atomic E-state index is 0.314. The molecule has 0 aliphatic heterocycles. The van der Waals surface area contributed by atoms with E-state index < -0.39 is 17.3 Å². The molecule has 0 bridgehead atoms. The Balaban J connectivity index is 1.84. The van der Waals surface area contributed by atoms with Crippen LogP contribution in [-0.2, 0) is 4.79 Å². The Morgan fingerprint density at radius 3 is 2.48 bits per heavy atom. The molecule has 3 rings (SSSR count). The van der Waals surface area contributed by atoms with Gasteiger partial charge in [0.15, 0.2) is 0 Å². The number of ketones is 1. The highest BCUT2D eigenvalue weighted by atomic mass is 32.2. The Morgan fingerprint density at radius 1 is 1.08 bits per heavy atom. The molecular formula is C18H14N2O4S. The van der Waals surface area contributed by atoms with Crippen LogP contribution in [0.25, 0.3) is 10.8 Å². The van der Waals surface area contributed by atoms with Crippen LogP contribution in [-0.4, -0.2) is 23.1 Å². The van der Waals surface area contributed by atoms with E-state index in [1.54, 1.807) is 55.1 Å². The van der Waals surface area contributed by atoms with Crippen LogP contribution in [0, 0.1) is 6.92 Å². The first kappa shape index (κ1) is 16.9. The van der Waals surface area contributed by atoms with Crippen molar-refractivity contribution >= 4 is 39.9 Å². The summed E-state index contributed by atoms with van der Waals surface area (Å²) < 4.78 is 4.66. The van der Waals surface area contributed by atoms with Gasteiger partial charge in [-0.15, -0.1) is 11.8 Å². The lowest BCUT2D eigenvalue weighted by Gasteiger charge is -2.07. The highest BCUT2D eigenvalue weighted by Gasteiger charge is 2.17. The molecule has 0 atom stereocenters. The highest BCUT2D eigenvalue weighted by Crippen LogP contribution is 2.19. The fourth-order valence-electron chi connectivity index (χ4n) is 2.37. The quantitative estimate of drug-likeness (QED) is 0.440. The van der Waals surface area contributed by atoms with Crippen LogP contribution in [0.5, 0.6) is 0 Å². The Hall–Kier alpha value is -2.93. The van der Waals surface area contributed by atoms with E-state index in [1.807, 2.05) is 6.26 Å². The van der Waals surface area contributed by atoms with Gasteiger partial charge in [-0.2, -0.15) is 0 Å². The molecule has 0 radical (unpaired) electrons. The number of rotatable bonds is 4. The van der Waals surface area contributed by atoms with Crippen molar-refractivity contribution in [2.24, 2.45) is 0 Å². The van der Waals surface area contributed by atoms with Crippen molar-refractivity contribution in [2.75, 3.05) is 11.6 Å². The number of aromatic nitrogens is 1. The van der Waals surface area contributed by atoms with Gasteiger partial charge in [0.1, 0.15) is 0 Å². The predicted octanol–water partition coefficient (Wildman–Crippen LogP) is 3.04. The zero-order valence-corrected chi connectivity index (χ0v) is 14.3. The predicted molar refractivity (Wildman–Crippen MR) is 96.2 cm³/mol. The largest absolute Gasteiger partial charge is 0.366 e. The number of fused-ring (bicyclic) bond motifs is 1. The summed E-state index contributed by atoms with van der Waals surface area (Å²) in [6.07, 6.45) is 1.93. The minimum Gasteiger partial charge on any atom is -0.319 e. The van der Waals surface area contributed by atoms with Crippen LogP contribution in [0.15, 0.2) is 56.7 Å². The number of Topliss-reactive ketones (excluding diaryl/α,β-unsaturated/α-hetero) is 1. The highest BCUT2D eigenvalue weighted by molar-refractivity contribution is 7.98. The van der Waals surface area contributed by atoms with Gasteiger partial charge in [0.05, 0.1) is 11.1 Å². The van der Waals surface area contributed by atoms with Crippen molar-refractivity contribution in [1.29, 1.82) is 0 Å². The van der Waals surface area contributed by atoms with E-state index in [9.17, 15) is 14.4 Å². The molecule has 0 aliphatic carbocycles. The molecule has 2 aromatic carbocycles. The summed E-state index contributed by atoms with van der Waals surface area (Å²) in [6.45, 7) is 1.69. The molecule has 6 nitrogen and oxygen atoms in total. The van der Waals surface area contributed by atoms with Crippen molar-refractivity contribution in [3.8, 4) is 0 Å². The zero-order valence-electron chi connectivity index (χ0n) is 13.5. The second kappa shape index (κ2) is 6.90. The Labute approximate surface area is 147 Å².